The summed E-state index contributed by atoms with van der Waals surface area (Å²) < 4.78 is 2.78. The van der Waals surface area contributed by atoms with E-state index in [4.69, 9.17) is 0 Å². The Kier molecular flexibility index (Phi) is 3.29. The molecule has 3 rings (SSSR count). The molecule has 1 N–H and O–H groups in total. The molecular formula is C16H13BrN2O2. The standard InChI is InChI=1S/C16H13BrN2O2/c1-9-6-7-14(12(17)8-9)19-10(2)18-13-5-3-4-11(15(13)19)16(20)21/h3-8H,1-2H3,(H,20,21). The molecule has 3 aromatic rings. The summed E-state index contributed by atoms with van der Waals surface area (Å²) in [6.45, 7) is 3.88. The summed E-state index contributed by atoms with van der Waals surface area (Å²) in [7, 11) is 0. The molecule has 0 unspecified atom stereocenters. The Morgan fingerprint density at radius 3 is 2.67 bits per heavy atom. The largest absolute Gasteiger partial charge is 0.478 e. The molecule has 0 saturated heterocycles. The van der Waals surface area contributed by atoms with Crippen LogP contribution in [-0.4, -0.2) is 20.6 Å². The first kappa shape index (κ1) is 13.8. The fraction of sp³-hybridized carbons (Fsp3) is 0.125. The van der Waals surface area contributed by atoms with E-state index in [-0.39, 0.29) is 5.56 Å². The Bertz CT molecular complexity index is 868. The van der Waals surface area contributed by atoms with Gasteiger partial charge in [0.1, 0.15) is 5.82 Å². The molecule has 0 amide bonds. The number of rotatable bonds is 2. The predicted molar refractivity (Wildman–Crippen MR) is 85.2 cm³/mol. The van der Waals surface area contributed by atoms with Crippen LogP contribution in [0.3, 0.4) is 0 Å². The van der Waals surface area contributed by atoms with Crippen LogP contribution in [0.4, 0.5) is 0 Å². The summed E-state index contributed by atoms with van der Waals surface area (Å²) in [5.74, 6) is -0.201. The molecule has 5 heteroatoms. The van der Waals surface area contributed by atoms with Crippen LogP contribution in [0, 0.1) is 13.8 Å². The third-order valence-electron chi connectivity index (χ3n) is 3.42. The molecule has 0 bridgehead atoms. The lowest BCUT2D eigenvalue weighted by Gasteiger charge is -2.11. The van der Waals surface area contributed by atoms with Gasteiger partial charge in [-0.05, 0) is 59.6 Å². The van der Waals surface area contributed by atoms with E-state index in [2.05, 4.69) is 20.9 Å². The number of hydrogen-bond donors (Lipinski definition) is 1. The van der Waals surface area contributed by atoms with E-state index in [1.807, 2.05) is 42.7 Å². The monoisotopic (exact) mass is 344 g/mol. The number of benzene rings is 2. The van der Waals surface area contributed by atoms with Gasteiger partial charge in [-0.3, -0.25) is 4.57 Å². The number of aryl methyl sites for hydroxylation is 2. The van der Waals surface area contributed by atoms with Gasteiger partial charge >= 0.3 is 5.97 Å². The maximum Gasteiger partial charge on any atom is 0.337 e. The number of para-hydroxylation sites is 1. The average molecular weight is 345 g/mol. The summed E-state index contributed by atoms with van der Waals surface area (Å²) in [5.41, 5.74) is 3.56. The molecule has 0 spiro atoms. The maximum atomic E-state index is 11.5. The molecule has 1 heterocycles. The molecule has 0 saturated carbocycles. The van der Waals surface area contributed by atoms with Crippen molar-refractivity contribution in [1.29, 1.82) is 0 Å². The van der Waals surface area contributed by atoms with Crippen molar-refractivity contribution in [3.8, 4) is 5.69 Å². The zero-order valence-corrected chi connectivity index (χ0v) is 13.2. The van der Waals surface area contributed by atoms with Crippen LogP contribution < -0.4 is 0 Å². The lowest BCUT2D eigenvalue weighted by Crippen LogP contribution is -2.04. The van der Waals surface area contributed by atoms with E-state index >= 15 is 0 Å². The minimum atomic E-state index is -0.954. The number of halogens is 1. The topological polar surface area (TPSA) is 55.1 Å². The Balaban J connectivity index is 2.41. The molecule has 0 aliphatic rings. The first-order valence-electron chi connectivity index (χ1n) is 6.47. The van der Waals surface area contributed by atoms with Crippen LogP contribution in [0.5, 0.6) is 0 Å². The number of aromatic carboxylic acids is 1. The summed E-state index contributed by atoms with van der Waals surface area (Å²) in [4.78, 5) is 16.0. The average Bonchev–Trinajstić information content (AvgIpc) is 2.74. The van der Waals surface area contributed by atoms with Gasteiger partial charge in [-0.1, -0.05) is 12.1 Å². The van der Waals surface area contributed by atoms with Gasteiger partial charge in [-0.2, -0.15) is 0 Å². The predicted octanol–water partition coefficient (Wildman–Crippen LogP) is 4.10. The fourth-order valence-electron chi connectivity index (χ4n) is 2.50. The highest BCUT2D eigenvalue weighted by Gasteiger charge is 2.18. The van der Waals surface area contributed by atoms with E-state index in [0.29, 0.717) is 11.0 Å². The van der Waals surface area contributed by atoms with Gasteiger partial charge in [-0.15, -0.1) is 0 Å². The molecular weight excluding hydrogens is 332 g/mol. The van der Waals surface area contributed by atoms with E-state index in [9.17, 15) is 9.90 Å². The van der Waals surface area contributed by atoms with Gasteiger partial charge in [0.15, 0.2) is 0 Å². The second-order valence-electron chi connectivity index (χ2n) is 4.93. The number of imidazole rings is 1. The lowest BCUT2D eigenvalue weighted by molar-refractivity contribution is 0.0698. The van der Waals surface area contributed by atoms with Crippen molar-refractivity contribution < 1.29 is 9.90 Å². The summed E-state index contributed by atoms with van der Waals surface area (Å²) >= 11 is 3.55. The number of nitrogens with zero attached hydrogens (tertiary/aromatic N) is 2. The van der Waals surface area contributed by atoms with E-state index in [1.165, 1.54) is 0 Å². The minimum absolute atomic E-state index is 0.251. The van der Waals surface area contributed by atoms with Gasteiger partial charge in [0.05, 0.1) is 22.3 Å². The van der Waals surface area contributed by atoms with Crippen LogP contribution in [0.1, 0.15) is 21.7 Å². The normalized spacial score (nSPS) is 11.0. The number of carbonyl (C=O) groups is 1. The van der Waals surface area contributed by atoms with Crippen LogP contribution >= 0.6 is 15.9 Å². The van der Waals surface area contributed by atoms with Crippen molar-refractivity contribution in [1.82, 2.24) is 9.55 Å². The first-order valence-corrected chi connectivity index (χ1v) is 7.26. The van der Waals surface area contributed by atoms with Gasteiger partial charge in [0.25, 0.3) is 0 Å². The van der Waals surface area contributed by atoms with Crippen molar-refractivity contribution in [2.24, 2.45) is 0 Å². The van der Waals surface area contributed by atoms with Crippen LogP contribution in [0.25, 0.3) is 16.7 Å². The second kappa shape index (κ2) is 5.00. The molecule has 4 nitrogen and oxygen atoms in total. The summed E-state index contributed by atoms with van der Waals surface area (Å²) in [6, 6.07) is 11.1. The molecule has 0 aliphatic carbocycles. The van der Waals surface area contributed by atoms with Gasteiger partial charge < -0.3 is 5.11 Å². The molecule has 2 aromatic carbocycles. The van der Waals surface area contributed by atoms with Crippen LogP contribution in [-0.2, 0) is 0 Å². The molecule has 0 fully saturated rings. The Labute approximate surface area is 130 Å². The number of aromatic nitrogens is 2. The van der Waals surface area contributed by atoms with Crippen molar-refractivity contribution >= 4 is 32.9 Å². The summed E-state index contributed by atoms with van der Waals surface area (Å²) in [5, 5.41) is 9.42. The third-order valence-corrected chi connectivity index (χ3v) is 4.05. The van der Waals surface area contributed by atoms with Crippen molar-refractivity contribution in [3.05, 3.63) is 57.8 Å². The van der Waals surface area contributed by atoms with E-state index < -0.39 is 5.97 Å². The van der Waals surface area contributed by atoms with E-state index in [0.717, 1.165) is 21.5 Å². The van der Waals surface area contributed by atoms with Gasteiger partial charge in [-0.25, -0.2) is 9.78 Å². The quantitative estimate of drug-likeness (QED) is 0.761. The molecule has 0 radical (unpaired) electrons. The first-order chi connectivity index (χ1) is 9.99. The molecule has 1 aromatic heterocycles. The molecule has 0 aliphatic heterocycles. The number of carboxylic acid groups (broad SMARTS) is 1. The zero-order chi connectivity index (χ0) is 15.1. The summed E-state index contributed by atoms with van der Waals surface area (Å²) in [6.07, 6.45) is 0. The number of hydrogen-bond acceptors (Lipinski definition) is 2. The Morgan fingerprint density at radius 2 is 2.00 bits per heavy atom. The Morgan fingerprint density at radius 1 is 1.24 bits per heavy atom. The Hall–Kier alpha value is -2.14. The third kappa shape index (κ3) is 2.23. The number of carboxylic acids is 1. The van der Waals surface area contributed by atoms with Crippen LogP contribution in [0.15, 0.2) is 40.9 Å². The molecule has 106 valence electrons. The van der Waals surface area contributed by atoms with Crippen molar-refractivity contribution in [2.75, 3.05) is 0 Å². The van der Waals surface area contributed by atoms with Gasteiger partial charge in [0, 0.05) is 4.47 Å². The molecule has 0 atom stereocenters. The SMILES string of the molecule is Cc1ccc(-n2c(C)nc3cccc(C(=O)O)c32)c(Br)c1. The molecule has 21 heavy (non-hydrogen) atoms. The maximum absolute atomic E-state index is 11.5. The highest BCUT2D eigenvalue weighted by Crippen LogP contribution is 2.29. The second-order valence-corrected chi connectivity index (χ2v) is 5.78. The van der Waals surface area contributed by atoms with Gasteiger partial charge in [0.2, 0.25) is 0 Å². The zero-order valence-electron chi connectivity index (χ0n) is 11.6. The van der Waals surface area contributed by atoms with E-state index in [1.54, 1.807) is 12.1 Å². The number of fused-ring (bicyclic) bond motifs is 1. The minimum Gasteiger partial charge on any atom is -0.478 e. The fourth-order valence-corrected chi connectivity index (χ4v) is 3.17. The smallest absolute Gasteiger partial charge is 0.337 e. The highest BCUT2D eigenvalue weighted by molar-refractivity contribution is 9.10. The highest BCUT2D eigenvalue weighted by atomic mass is 79.9. The van der Waals surface area contributed by atoms with Crippen LogP contribution in [0.2, 0.25) is 0 Å². The van der Waals surface area contributed by atoms with Crippen molar-refractivity contribution in [2.45, 2.75) is 13.8 Å². The van der Waals surface area contributed by atoms with Crippen molar-refractivity contribution in [3.63, 3.8) is 0 Å². The lowest BCUT2D eigenvalue weighted by atomic mass is 10.1.